The predicted molar refractivity (Wildman–Crippen MR) is 57.9 cm³/mol. The Morgan fingerprint density at radius 2 is 2.23 bits per heavy atom. The Kier molecular flexibility index (Phi) is 4.74. The zero-order valence-electron chi connectivity index (χ0n) is 9.27. The third-order valence-electron chi connectivity index (χ3n) is 3.03. The van der Waals surface area contributed by atoms with Crippen LogP contribution >= 0.6 is 0 Å². The van der Waals surface area contributed by atoms with Gasteiger partial charge < -0.3 is 10.6 Å². The van der Waals surface area contributed by atoms with Gasteiger partial charge in [0, 0.05) is 18.6 Å². The molecule has 1 saturated heterocycles. The van der Waals surface area contributed by atoms with Crippen molar-refractivity contribution in [3.63, 3.8) is 0 Å². The van der Waals surface area contributed by atoms with Crippen molar-refractivity contribution in [2.45, 2.75) is 52.1 Å². The lowest BCUT2D eigenvalue weighted by atomic mass is 10.00. The van der Waals surface area contributed by atoms with Crippen molar-refractivity contribution in [2.75, 3.05) is 13.1 Å². The molecular formula is C11H24N2. The molecule has 3 atom stereocenters. The molecule has 2 N–H and O–H groups in total. The van der Waals surface area contributed by atoms with Crippen LogP contribution in [0, 0.1) is 5.92 Å². The Balaban J connectivity index is 2.12. The molecule has 1 heterocycles. The van der Waals surface area contributed by atoms with Crippen molar-refractivity contribution in [2.24, 2.45) is 5.92 Å². The number of hydrogen-bond acceptors (Lipinski definition) is 2. The Labute approximate surface area is 82.5 Å². The summed E-state index contributed by atoms with van der Waals surface area (Å²) < 4.78 is 0. The van der Waals surface area contributed by atoms with E-state index in [1.807, 2.05) is 0 Å². The lowest BCUT2D eigenvalue weighted by Gasteiger charge is -2.21. The number of rotatable bonds is 5. The van der Waals surface area contributed by atoms with Gasteiger partial charge in [-0.2, -0.15) is 0 Å². The van der Waals surface area contributed by atoms with Crippen LogP contribution in [-0.4, -0.2) is 25.2 Å². The van der Waals surface area contributed by atoms with Gasteiger partial charge in [-0.1, -0.05) is 20.3 Å². The Morgan fingerprint density at radius 3 is 2.77 bits per heavy atom. The van der Waals surface area contributed by atoms with Gasteiger partial charge in [0.15, 0.2) is 0 Å². The van der Waals surface area contributed by atoms with E-state index in [-0.39, 0.29) is 0 Å². The molecule has 1 aliphatic rings. The third-order valence-corrected chi connectivity index (χ3v) is 3.03. The third kappa shape index (κ3) is 4.10. The highest BCUT2D eigenvalue weighted by atomic mass is 15.0. The van der Waals surface area contributed by atoms with Gasteiger partial charge in [-0.15, -0.1) is 0 Å². The SMILES string of the molecule is CCC(C)CC(C)NC1CCNC1. The topological polar surface area (TPSA) is 24.1 Å². The fourth-order valence-electron chi connectivity index (χ4n) is 2.04. The second kappa shape index (κ2) is 5.61. The van der Waals surface area contributed by atoms with E-state index < -0.39 is 0 Å². The Hall–Kier alpha value is -0.0800. The van der Waals surface area contributed by atoms with Gasteiger partial charge >= 0.3 is 0 Å². The molecule has 0 aromatic heterocycles. The van der Waals surface area contributed by atoms with E-state index in [9.17, 15) is 0 Å². The van der Waals surface area contributed by atoms with Crippen LogP contribution in [0.3, 0.4) is 0 Å². The molecule has 0 aromatic rings. The first kappa shape index (κ1) is 11.0. The first-order chi connectivity index (χ1) is 6.22. The van der Waals surface area contributed by atoms with Gasteiger partial charge in [0.25, 0.3) is 0 Å². The van der Waals surface area contributed by atoms with Crippen molar-refractivity contribution >= 4 is 0 Å². The average molecular weight is 184 g/mol. The lowest BCUT2D eigenvalue weighted by molar-refractivity contribution is 0.381. The highest BCUT2D eigenvalue weighted by Crippen LogP contribution is 2.10. The summed E-state index contributed by atoms with van der Waals surface area (Å²) in [5.41, 5.74) is 0. The van der Waals surface area contributed by atoms with Crippen LogP contribution in [0.4, 0.5) is 0 Å². The minimum atomic E-state index is 0.680. The van der Waals surface area contributed by atoms with Crippen molar-refractivity contribution in [3.8, 4) is 0 Å². The van der Waals surface area contributed by atoms with Crippen molar-refractivity contribution in [1.82, 2.24) is 10.6 Å². The van der Waals surface area contributed by atoms with E-state index in [1.54, 1.807) is 0 Å². The van der Waals surface area contributed by atoms with Crippen molar-refractivity contribution in [3.05, 3.63) is 0 Å². The zero-order valence-corrected chi connectivity index (χ0v) is 9.27. The van der Waals surface area contributed by atoms with Gasteiger partial charge in [0.2, 0.25) is 0 Å². The molecule has 0 spiro atoms. The van der Waals surface area contributed by atoms with Crippen LogP contribution in [0.15, 0.2) is 0 Å². The van der Waals surface area contributed by atoms with Crippen LogP contribution in [-0.2, 0) is 0 Å². The molecule has 0 bridgehead atoms. The maximum absolute atomic E-state index is 3.68. The summed E-state index contributed by atoms with van der Waals surface area (Å²) in [5, 5.41) is 7.06. The van der Waals surface area contributed by atoms with Gasteiger partial charge in [0.05, 0.1) is 0 Å². The highest BCUT2D eigenvalue weighted by Gasteiger charge is 2.16. The first-order valence-corrected chi connectivity index (χ1v) is 5.69. The molecule has 3 unspecified atom stereocenters. The molecule has 1 rings (SSSR count). The van der Waals surface area contributed by atoms with E-state index >= 15 is 0 Å². The second-order valence-electron chi connectivity index (χ2n) is 4.51. The van der Waals surface area contributed by atoms with E-state index in [0.717, 1.165) is 18.5 Å². The van der Waals surface area contributed by atoms with Crippen molar-refractivity contribution < 1.29 is 0 Å². The molecule has 2 nitrogen and oxygen atoms in total. The van der Waals surface area contributed by atoms with Crippen LogP contribution in [0.1, 0.15) is 40.0 Å². The molecule has 78 valence electrons. The van der Waals surface area contributed by atoms with E-state index in [0.29, 0.717) is 6.04 Å². The second-order valence-corrected chi connectivity index (χ2v) is 4.51. The summed E-state index contributed by atoms with van der Waals surface area (Å²) in [6, 6.07) is 1.40. The molecular weight excluding hydrogens is 160 g/mol. The summed E-state index contributed by atoms with van der Waals surface area (Å²) in [4.78, 5) is 0. The molecule has 0 radical (unpaired) electrons. The largest absolute Gasteiger partial charge is 0.315 e. The Morgan fingerprint density at radius 1 is 1.46 bits per heavy atom. The maximum atomic E-state index is 3.68. The summed E-state index contributed by atoms with van der Waals surface area (Å²) in [7, 11) is 0. The molecule has 0 aromatic carbocycles. The zero-order chi connectivity index (χ0) is 9.68. The number of nitrogens with one attached hydrogen (secondary N) is 2. The van der Waals surface area contributed by atoms with Gasteiger partial charge in [0.1, 0.15) is 0 Å². The fraction of sp³-hybridized carbons (Fsp3) is 1.00. The number of hydrogen-bond donors (Lipinski definition) is 2. The summed E-state index contributed by atoms with van der Waals surface area (Å²) >= 11 is 0. The van der Waals surface area contributed by atoms with Gasteiger partial charge in [-0.25, -0.2) is 0 Å². The minimum absolute atomic E-state index is 0.680. The Bertz CT molecular complexity index is 130. The fourth-order valence-corrected chi connectivity index (χ4v) is 2.04. The van der Waals surface area contributed by atoms with Gasteiger partial charge in [-0.05, 0) is 32.2 Å². The average Bonchev–Trinajstić information content (AvgIpc) is 2.56. The molecule has 1 fully saturated rings. The van der Waals surface area contributed by atoms with Gasteiger partial charge in [-0.3, -0.25) is 0 Å². The lowest BCUT2D eigenvalue weighted by Crippen LogP contribution is -2.38. The molecule has 0 saturated carbocycles. The molecule has 2 heteroatoms. The summed E-state index contributed by atoms with van der Waals surface area (Å²) in [5.74, 6) is 0.858. The predicted octanol–water partition coefficient (Wildman–Crippen LogP) is 1.76. The highest BCUT2D eigenvalue weighted by molar-refractivity contribution is 4.80. The first-order valence-electron chi connectivity index (χ1n) is 5.69. The van der Waals surface area contributed by atoms with E-state index in [2.05, 4.69) is 31.4 Å². The minimum Gasteiger partial charge on any atom is -0.315 e. The smallest absolute Gasteiger partial charge is 0.0207 e. The summed E-state index contributed by atoms with van der Waals surface area (Å²) in [6.07, 6.45) is 3.91. The molecule has 13 heavy (non-hydrogen) atoms. The normalized spacial score (nSPS) is 27.5. The molecule has 0 amide bonds. The quantitative estimate of drug-likeness (QED) is 0.680. The van der Waals surface area contributed by atoms with Crippen molar-refractivity contribution in [1.29, 1.82) is 0 Å². The van der Waals surface area contributed by atoms with Crippen LogP contribution < -0.4 is 10.6 Å². The van der Waals surface area contributed by atoms with E-state index in [1.165, 1.54) is 25.8 Å². The molecule has 0 aliphatic carbocycles. The van der Waals surface area contributed by atoms with Crippen LogP contribution in [0.25, 0.3) is 0 Å². The van der Waals surface area contributed by atoms with Crippen LogP contribution in [0.5, 0.6) is 0 Å². The van der Waals surface area contributed by atoms with E-state index in [4.69, 9.17) is 0 Å². The standard InChI is InChI=1S/C11H24N2/c1-4-9(2)7-10(3)13-11-5-6-12-8-11/h9-13H,4-8H2,1-3H3. The molecule has 1 aliphatic heterocycles. The monoisotopic (exact) mass is 184 g/mol. The van der Waals surface area contributed by atoms with Crippen LogP contribution in [0.2, 0.25) is 0 Å². The maximum Gasteiger partial charge on any atom is 0.0207 e. The summed E-state index contributed by atoms with van der Waals surface area (Å²) in [6.45, 7) is 9.27.